The highest BCUT2D eigenvalue weighted by molar-refractivity contribution is 5.93. The van der Waals surface area contributed by atoms with E-state index >= 15 is 0 Å². The zero-order chi connectivity index (χ0) is 31.0. The molecule has 0 saturated carbocycles. The summed E-state index contributed by atoms with van der Waals surface area (Å²) in [6, 6.07) is 22.3. The van der Waals surface area contributed by atoms with Crippen LogP contribution in [0.5, 0.6) is 0 Å². The Kier molecular flexibility index (Phi) is 13.0. The predicted molar refractivity (Wildman–Crippen MR) is 163 cm³/mol. The average Bonchev–Trinajstić information content (AvgIpc) is 3.00. The normalized spacial score (nSPS) is 13.1. The molecule has 3 aromatic rings. The first-order valence-corrected chi connectivity index (χ1v) is 14.2. The second kappa shape index (κ2) is 17.1. The fraction of sp³-hybridized carbons (Fsp3) is 0.312. The van der Waals surface area contributed by atoms with Crippen molar-refractivity contribution in [1.29, 1.82) is 0 Å². The van der Waals surface area contributed by atoms with E-state index < -0.39 is 35.9 Å². The van der Waals surface area contributed by atoms with E-state index in [0.29, 0.717) is 31.5 Å². The number of carboxylic acid groups (broad SMARTS) is 1. The average molecular weight is 587 g/mol. The van der Waals surface area contributed by atoms with Gasteiger partial charge in [0.15, 0.2) is 0 Å². The number of amides is 3. The predicted octanol–water partition coefficient (Wildman–Crippen LogP) is 3.58. The van der Waals surface area contributed by atoms with Gasteiger partial charge in [-0.3, -0.25) is 19.2 Å². The number of rotatable bonds is 16. The summed E-state index contributed by atoms with van der Waals surface area (Å²) in [6.07, 6.45) is 1.73. The molecule has 0 aliphatic heterocycles. The Morgan fingerprint density at radius 3 is 1.91 bits per heavy atom. The first-order chi connectivity index (χ1) is 20.7. The molecule has 6 N–H and O–H groups in total. The quantitative estimate of drug-likeness (QED) is 0.127. The van der Waals surface area contributed by atoms with Gasteiger partial charge in [0.05, 0.1) is 17.8 Å². The van der Waals surface area contributed by atoms with Gasteiger partial charge in [-0.25, -0.2) is 0 Å². The molecule has 0 radical (unpaired) electrons. The van der Waals surface area contributed by atoms with Crippen LogP contribution in [0.4, 0.5) is 11.4 Å². The van der Waals surface area contributed by atoms with Crippen molar-refractivity contribution in [3.8, 4) is 0 Å². The van der Waals surface area contributed by atoms with E-state index in [1.54, 1.807) is 36.4 Å². The number of carbonyl (C=O) groups is 4. The van der Waals surface area contributed by atoms with Crippen LogP contribution in [0.15, 0.2) is 95.2 Å². The summed E-state index contributed by atoms with van der Waals surface area (Å²) in [5.74, 6) is -2.74. The third kappa shape index (κ3) is 11.5. The summed E-state index contributed by atoms with van der Waals surface area (Å²) in [6.45, 7) is 1.78. The SMILES string of the molecule is C[C@H](NC(=O)[C@H](Cc1ccccc1)NC(=O)[C@H](CCCCN)NC(=O)Cc1ccc(N=Nc2ccccc2)cc1)C(=O)O. The number of unbranched alkanes of at least 4 members (excludes halogenated alkanes) is 1. The minimum Gasteiger partial charge on any atom is -0.480 e. The van der Waals surface area contributed by atoms with Gasteiger partial charge < -0.3 is 26.8 Å². The lowest BCUT2D eigenvalue weighted by Gasteiger charge is -2.24. The Morgan fingerprint density at radius 1 is 0.721 bits per heavy atom. The van der Waals surface area contributed by atoms with Crippen LogP contribution in [0.25, 0.3) is 0 Å². The third-order valence-corrected chi connectivity index (χ3v) is 6.58. The number of carbonyl (C=O) groups excluding carboxylic acids is 3. The third-order valence-electron chi connectivity index (χ3n) is 6.58. The fourth-order valence-corrected chi connectivity index (χ4v) is 4.19. The van der Waals surface area contributed by atoms with Crippen LogP contribution in [0, 0.1) is 0 Å². The molecule has 3 aromatic carbocycles. The molecule has 0 aliphatic rings. The van der Waals surface area contributed by atoms with E-state index in [2.05, 4.69) is 26.2 Å². The van der Waals surface area contributed by atoms with E-state index in [1.807, 2.05) is 48.5 Å². The summed E-state index contributed by atoms with van der Waals surface area (Å²) < 4.78 is 0. The highest BCUT2D eigenvalue weighted by atomic mass is 16.4. The van der Waals surface area contributed by atoms with Gasteiger partial charge >= 0.3 is 5.97 Å². The first kappa shape index (κ1) is 32.6. The Morgan fingerprint density at radius 2 is 1.30 bits per heavy atom. The maximum atomic E-state index is 13.4. The molecular formula is C32H38N6O5. The monoisotopic (exact) mass is 586 g/mol. The molecule has 43 heavy (non-hydrogen) atoms. The first-order valence-electron chi connectivity index (χ1n) is 14.2. The number of hydrogen-bond acceptors (Lipinski definition) is 7. The molecule has 0 saturated heterocycles. The summed E-state index contributed by atoms with van der Waals surface area (Å²) in [5, 5.41) is 25.6. The van der Waals surface area contributed by atoms with Crippen molar-refractivity contribution in [2.45, 2.75) is 57.2 Å². The van der Waals surface area contributed by atoms with Gasteiger partial charge in [-0.05, 0) is 68.1 Å². The number of nitrogens with two attached hydrogens (primary N) is 1. The van der Waals surface area contributed by atoms with Gasteiger partial charge in [-0.15, -0.1) is 0 Å². The maximum absolute atomic E-state index is 13.4. The Labute approximate surface area is 251 Å². The Balaban J connectivity index is 1.67. The topological polar surface area (TPSA) is 175 Å². The van der Waals surface area contributed by atoms with Gasteiger partial charge in [0, 0.05) is 6.42 Å². The van der Waals surface area contributed by atoms with Crippen LogP contribution in [-0.2, 0) is 32.0 Å². The molecule has 11 nitrogen and oxygen atoms in total. The van der Waals surface area contributed by atoms with E-state index in [0.717, 1.165) is 16.8 Å². The zero-order valence-electron chi connectivity index (χ0n) is 24.1. The number of aliphatic carboxylic acids is 1. The molecule has 0 fully saturated rings. The van der Waals surface area contributed by atoms with Crippen molar-refractivity contribution in [3.63, 3.8) is 0 Å². The molecule has 3 amide bonds. The molecule has 0 aliphatic carbocycles. The van der Waals surface area contributed by atoms with Crippen LogP contribution >= 0.6 is 0 Å². The second-order valence-corrected chi connectivity index (χ2v) is 10.1. The van der Waals surface area contributed by atoms with Crippen molar-refractivity contribution >= 4 is 35.1 Å². The van der Waals surface area contributed by atoms with Crippen molar-refractivity contribution in [1.82, 2.24) is 16.0 Å². The van der Waals surface area contributed by atoms with Crippen LogP contribution in [0.3, 0.4) is 0 Å². The standard InChI is InChI=1S/C32H38N6O5/c1-22(32(42)43)34-31(41)28(20-23-10-4-2-5-11-23)36-30(40)27(14-8-9-19-33)35-29(39)21-24-15-17-26(18-16-24)38-37-25-12-6-3-7-13-25/h2-7,10-13,15-18,22,27-28H,8-9,14,19-21,33H2,1H3,(H,34,41)(H,35,39)(H,36,40)(H,42,43)/t22-,27-,28-/m0/s1. The lowest BCUT2D eigenvalue weighted by atomic mass is 10.0. The molecular weight excluding hydrogens is 548 g/mol. The molecule has 0 spiro atoms. The minimum atomic E-state index is -1.20. The minimum absolute atomic E-state index is 0.0286. The number of hydrogen-bond donors (Lipinski definition) is 5. The highest BCUT2D eigenvalue weighted by Crippen LogP contribution is 2.18. The van der Waals surface area contributed by atoms with Crippen LogP contribution in [0.1, 0.15) is 37.3 Å². The largest absolute Gasteiger partial charge is 0.480 e. The molecule has 3 rings (SSSR count). The van der Waals surface area contributed by atoms with Gasteiger partial charge in [-0.1, -0.05) is 60.7 Å². The number of nitrogens with one attached hydrogen (secondary N) is 3. The number of benzene rings is 3. The van der Waals surface area contributed by atoms with Gasteiger partial charge in [0.25, 0.3) is 0 Å². The van der Waals surface area contributed by atoms with E-state index in [4.69, 9.17) is 5.73 Å². The smallest absolute Gasteiger partial charge is 0.325 e. The number of nitrogens with zero attached hydrogens (tertiary/aromatic N) is 2. The molecule has 0 bridgehead atoms. The summed E-state index contributed by atoms with van der Waals surface area (Å²) in [4.78, 5) is 50.7. The van der Waals surface area contributed by atoms with Crippen molar-refractivity contribution < 1.29 is 24.3 Å². The zero-order valence-corrected chi connectivity index (χ0v) is 24.1. The van der Waals surface area contributed by atoms with Crippen LogP contribution in [-0.4, -0.2) is 53.5 Å². The van der Waals surface area contributed by atoms with Gasteiger partial charge in [-0.2, -0.15) is 10.2 Å². The number of carboxylic acids is 1. The van der Waals surface area contributed by atoms with Crippen LogP contribution < -0.4 is 21.7 Å². The fourth-order valence-electron chi connectivity index (χ4n) is 4.19. The van der Waals surface area contributed by atoms with E-state index in [1.165, 1.54) is 6.92 Å². The van der Waals surface area contributed by atoms with Crippen molar-refractivity contribution in [2.75, 3.05) is 6.54 Å². The second-order valence-electron chi connectivity index (χ2n) is 10.1. The lowest BCUT2D eigenvalue weighted by Crippen LogP contribution is -2.56. The molecule has 11 heteroatoms. The number of azo groups is 1. The summed E-state index contributed by atoms with van der Waals surface area (Å²) in [5.41, 5.74) is 8.50. The van der Waals surface area contributed by atoms with Gasteiger partial charge in [0.2, 0.25) is 17.7 Å². The molecule has 0 heterocycles. The summed E-state index contributed by atoms with van der Waals surface area (Å²) >= 11 is 0. The van der Waals surface area contributed by atoms with Gasteiger partial charge in [0.1, 0.15) is 18.1 Å². The molecule has 0 unspecified atom stereocenters. The Hall–Kier alpha value is -4.90. The lowest BCUT2D eigenvalue weighted by molar-refractivity contribution is -0.141. The van der Waals surface area contributed by atoms with Crippen LogP contribution in [0.2, 0.25) is 0 Å². The van der Waals surface area contributed by atoms with E-state index in [9.17, 15) is 24.3 Å². The van der Waals surface area contributed by atoms with Crippen molar-refractivity contribution in [3.05, 3.63) is 96.1 Å². The van der Waals surface area contributed by atoms with E-state index in [-0.39, 0.29) is 18.7 Å². The molecule has 226 valence electrons. The highest BCUT2D eigenvalue weighted by Gasteiger charge is 2.28. The Bertz CT molecular complexity index is 1370. The molecule has 3 atom stereocenters. The van der Waals surface area contributed by atoms with Crippen molar-refractivity contribution in [2.24, 2.45) is 16.0 Å². The molecule has 0 aromatic heterocycles. The summed E-state index contributed by atoms with van der Waals surface area (Å²) in [7, 11) is 0. The maximum Gasteiger partial charge on any atom is 0.325 e.